The van der Waals surface area contributed by atoms with Crippen molar-refractivity contribution in [2.24, 2.45) is 0 Å². The predicted octanol–water partition coefficient (Wildman–Crippen LogP) is 3.91. The smallest absolute Gasteiger partial charge is 0.118 e. The van der Waals surface area contributed by atoms with Gasteiger partial charge in [-0.25, -0.2) is 0 Å². The molecule has 0 saturated heterocycles. The zero-order valence-corrected chi connectivity index (χ0v) is 13.2. The van der Waals surface area contributed by atoms with Gasteiger partial charge in [0.1, 0.15) is 5.75 Å². The van der Waals surface area contributed by atoms with Gasteiger partial charge in [-0.1, -0.05) is 12.1 Å². The second-order valence-electron chi connectivity index (χ2n) is 5.36. The van der Waals surface area contributed by atoms with Gasteiger partial charge < -0.3 is 10.1 Å². The van der Waals surface area contributed by atoms with Crippen molar-refractivity contribution in [2.45, 2.75) is 38.8 Å². The topological polar surface area (TPSA) is 21.3 Å². The van der Waals surface area contributed by atoms with E-state index in [9.17, 15) is 0 Å². The highest BCUT2D eigenvalue weighted by Crippen LogP contribution is 2.13. The molecule has 0 aliphatic rings. The van der Waals surface area contributed by atoms with Crippen molar-refractivity contribution in [3.8, 4) is 5.75 Å². The Bertz CT molecular complexity index is 492. The monoisotopic (exact) mass is 289 g/mol. The van der Waals surface area contributed by atoms with Crippen LogP contribution in [0, 0.1) is 0 Å². The number of hydrogen-bond donors (Lipinski definition) is 1. The summed E-state index contributed by atoms with van der Waals surface area (Å²) >= 11 is 1.77. The number of thiophene rings is 1. The molecule has 0 spiro atoms. The summed E-state index contributed by atoms with van der Waals surface area (Å²) in [7, 11) is 1.70. The molecular formula is C17H23NOS. The first-order valence-electron chi connectivity index (χ1n) is 7.07. The van der Waals surface area contributed by atoms with Gasteiger partial charge in [0.05, 0.1) is 7.11 Å². The summed E-state index contributed by atoms with van der Waals surface area (Å²) in [6, 6.07) is 11.5. The molecule has 0 fully saturated rings. The van der Waals surface area contributed by atoms with Gasteiger partial charge in [-0.3, -0.25) is 0 Å². The van der Waals surface area contributed by atoms with Crippen molar-refractivity contribution in [2.75, 3.05) is 7.11 Å². The van der Waals surface area contributed by atoms with E-state index in [0.29, 0.717) is 12.1 Å². The molecule has 1 N–H and O–H groups in total. The van der Waals surface area contributed by atoms with Crippen molar-refractivity contribution >= 4 is 11.3 Å². The Kier molecular flexibility index (Phi) is 5.62. The number of nitrogens with one attached hydrogen (secondary N) is 1. The Morgan fingerprint density at radius 1 is 1.00 bits per heavy atom. The first kappa shape index (κ1) is 15.1. The van der Waals surface area contributed by atoms with Crippen LogP contribution >= 0.6 is 11.3 Å². The Hall–Kier alpha value is -1.32. The lowest BCUT2D eigenvalue weighted by Gasteiger charge is -2.20. The second kappa shape index (κ2) is 7.46. The van der Waals surface area contributed by atoms with E-state index in [4.69, 9.17) is 4.74 Å². The molecule has 0 bridgehead atoms. The summed E-state index contributed by atoms with van der Waals surface area (Å²) < 4.78 is 5.18. The molecule has 0 aliphatic carbocycles. The van der Waals surface area contributed by atoms with Gasteiger partial charge in [0.2, 0.25) is 0 Å². The Balaban J connectivity index is 1.80. The quantitative estimate of drug-likeness (QED) is 0.834. The molecule has 0 amide bonds. The largest absolute Gasteiger partial charge is 0.497 e. The molecule has 1 aromatic heterocycles. The number of ether oxygens (including phenoxy) is 1. The van der Waals surface area contributed by atoms with Gasteiger partial charge in [-0.15, -0.1) is 0 Å². The summed E-state index contributed by atoms with van der Waals surface area (Å²) in [6.45, 7) is 4.50. The Morgan fingerprint density at radius 3 is 2.20 bits per heavy atom. The van der Waals surface area contributed by atoms with Crippen molar-refractivity contribution in [3.05, 3.63) is 52.2 Å². The molecule has 1 heterocycles. The maximum absolute atomic E-state index is 5.18. The molecule has 0 aliphatic heterocycles. The van der Waals surface area contributed by atoms with Crippen LogP contribution in [0.25, 0.3) is 0 Å². The summed E-state index contributed by atoms with van der Waals surface area (Å²) in [4.78, 5) is 0. The fraction of sp³-hybridized carbons (Fsp3) is 0.412. The van der Waals surface area contributed by atoms with E-state index in [2.05, 4.69) is 48.1 Å². The SMILES string of the molecule is COc1ccc(CC(C)NC(C)Cc2ccsc2)cc1. The highest BCUT2D eigenvalue weighted by Gasteiger charge is 2.09. The van der Waals surface area contributed by atoms with E-state index < -0.39 is 0 Å². The van der Waals surface area contributed by atoms with Crippen LogP contribution in [0.5, 0.6) is 5.75 Å². The maximum Gasteiger partial charge on any atom is 0.118 e. The molecular weight excluding hydrogens is 266 g/mol. The van der Waals surface area contributed by atoms with Crippen LogP contribution < -0.4 is 10.1 Å². The van der Waals surface area contributed by atoms with Crippen molar-refractivity contribution in [1.82, 2.24) is 5.32 Å². The lowest BCUT2D eigenvalue weighted by atomic mass is 10.0. The van der Waals surface area contributed by atoms with Gasteiger partial charge in [-0.2, -0.15) is 11.3 Å². The molecule has 0 radical (unpaired) electrons. The van der Waals surface area contributed by atoms with Crippen LogP contribution in [0.2, 0.25) is 0 Å². The number of methoxy groups -OCH3 is 1. The fourth-order valence-electron chi connectivity index (χ4n) is 2.48. The van der Waals surface area contributed by atoms with Gasteiger partial charge >= 0.3 is 0 Å². The predicted molar refractivity (Wildman–Crippen MR) is 86.8 cm³/mol. The zero-order chi connectivity index (χ0) is 14.4. The van der Waals surface area contributed by atoms with E-state index in [1.165, 1.54) is 11.1 Å². The van der Waals surface area contributed by atoms with Crippen LogP contribution in [-0.4, -0.2) is 19.2 Å². The van der Waals surface area contributed by atoms with Gasteiger partial charge in [0.15, 0.2) is 0 Å². The number of benzene rings is 1. The van der Waals surface area contributed by atoms with Crippen molar-refractivity contribution in [1.29, 1.82) is 0 Å². The summed E-state index contributed by atoms with van der Waals surface area (Å²) in [6.07, 6.45) is 2.13. The minimum Gasteiger partial charge on any atom is -0.497 e. The molecule has 2 nitrogen and oxygen atoms in total. The summed E-state index contributed by atoms with van der Waals surface area (Å²) in [5, 5.41) is 8.04. The van der Waals surface area contributed by atoms with E-state index in [1.54, 1.807) is 18.4 Å². The third-order valence-corrected chi connectivity index (χ3v) is 4.12. The van der Waals surface area contributed by atoms with Gasteiger partial charge in [0, 0.05) is 12.1 Å². The highest BCUT2D eigenvalue weighted by atomic mass is 32.1. The minimum atomic E-state index is 0.469. The average Bonchev–Trinajstić information content (AvgIpc) is 2.92. The standard InChI is InChI=1S/C17H23NOS/c1-13(10-15-4-6-17(19-3)7-5-15)18-14(2)11-16-8-9-20-12-16/h4-9,12-14,18H,10-11H2,1-3H3. The Morgan fingerprint density at radius 2 is 1.65 bits per heavy atom. The average molecular weight is 289 g/mol. The van der Waals surface area contributed by atoms with E-state index >= 15 is 0 Å². The zero-order valence-electron chi connectivity index (χ0n) is 12.4. The number of hydrogen-bond acceptors (Lipinski definition) is 3. The minimum absolute atomic E-state index is 0.469. The lowest BCUT2D eigenvalue weighted by Crippen LogP contribution is -2.37. The third kappa shape index (κ3) is 4.66. The molecule has 2 atom stereocenters. The molecule has 2 unspecified atom stereocenters. The van der Waals surface area contributed by atoms with Crippen LogP contribution in [0.3, 0.4) is 0 Å². The third-order valence-electron chi connectivity index (χ3n) is 3.39. The van der Waals surface area contributed by atoms with Crippen LogP contribution in [0.4, 0.5) is 0 Å². The highest BCUT2D eigenvalue weighted by molar-refractivity contribution is 7.07. The lowest BCUT2D eigenvalue weighted by molar-refractivity contribution is 0.414. The molecule has 3 heteroatoms. The molecule has 2 rings (SSSR count). The molecule has 1 aromatic carbocycles. The summed E-state index contributed by atoms with van der Waals surface area (Å²) in [5.74, 6) is 0.917. The van der Waals surface area contributed by atoms with Crippen LogP contribution in [0.15, 0.2) is 41.1 Å². The molecule has 2 aromatic rings. The van der Waals surface area contributed by atoms with Crippen molar-refractivity contribution < 1.29 is 4.74 Å². The van der Waals surface area contributed by atoms with Crippen LogP contribution in [-0.2, 0) is 12.8 Å². The first-order valence-corrected chi connectivity index (χ1v) is 8.01. The maximum atomic E-state index is 5.18. The number of rotatable bonds is 7. The molecule has 20 heavy (non-hydrogen) atoms. The van der Waals surface area contributed by atoms with E-state index in [1.807, 2.05) is 12.1 Å². The van der Waals surface area contributed by atoms with E-state index in [-0.39, 0.29) is 0 Å². The second-order valence-corrected chi connectivity index (χ2v) is 6.14. The van der Waals surface area contributed by atoms with Gasteiger partial charge in [-0.05, 0) is 66.8 Å². The summed E-state index contributed by atoms with van der Waals surface area (Å²) in [5.41, 5.74) is 2.76. The normalized spacial score (nSPS) is 13.9. The van der Waals surface area contributed by atoms with Crippen molar-refractivity contribution in [3.63, 3.8) is 0 Å². The fourth-order valence-corrected chi connectivity index (χ4v) is 3.16. The Labute approximate surface area is 125 Å². The molecule has 108 valence electrons. The first-order chi connectivity index (χ1) is 9.67. The van der Waals surface area contributed by atoms with Gasteiger partial charge in [0.25, 0.3) is 0 Å². The van der Waals surface area contributed by atoms with E-state index in [0.717, 1.165) is 18.6 Å². The van der Waals surface area contributed by atoms with Crippen LogP contribution in [0.1, 0.15) is 25.0 Å². The molecule has 0 saturated carbocycles.